The Balaban J connectivity index is 2.97. The molecule has 4 N–H and O–H groups in total. The van der Waals surface area contributed by atoms with Gasteiger partial charge in [0.15, 0.2) is 0 Å². The number of hydrogen-bond donors (Lipinski definition) is 3. The summed E-state index contributed by atoms with van der Waals surface area (Å²) in [7, 11) is 0. The summed E-state index contributed by atoms with van der Waals surface area (Å²) < 4.78 is 0.619. The van der Waals surface area contributed by atoms with E-state index in [0.717, 1.165) is 5.56 Å². The van der Waals surface area contributed by atoms with Crippen LogP contribution < -0.4 is 5.73 Å². The molecule has 0 heterocycles. The summed E-state index contributed by atoms with van der Waals surface area (Å²) in [6.07, 6.45) is -0.624. The van der Waals surface area contributed by atoms with Crippen LogP contribution in [0.4, 0.5) is 0 Å². The molecule has 0 fully saturated rings. The monoisotopic (exact) mass is 245 g/mol. The highest BCUT2D eigenvalue weighted by Crippen LogP contribution is 2.27. The summed E-state index contributed by atoms with van der Waals surface area (Å²) in [5, 5.41) is 18.6. The zero-order valence-corrected chi connectivity index (χ0v) is 8.82. The van der Waals surface area contributed by atoms with Crippen LogP contribution in [0.25, 0.3) is 0 Å². The smallest absolute Gasteiger partial charge is 0.130 e. The fraction of sp³-hybridized carbons (Fsp3) is 0.333. The Kier molecular flexibility index (Phi) is 3.30. The van der Waals surface area contributed by atoms with Crippen LogP contribution in [0.5, 0.6) is 5.75 Å². The number of aliphatic hydroxyl groups is 1. The summed E-state index contributed by atoms with van der Waals surface area (Å²) in [6, 6.07) is 4.55. The highest BCUT2D eigenvalue weighted by Gasteiger charge is 2.12. The number of nitrogens with two attached hydrogens (primary N) is 1. The number of halogens is 1. The van der Waals surface area contributed by atoms with Crippen LogP contribution in [0.1, 0.15) is 18.5 Å². The molecule has 3 nitrogen and oxygen atoms in total. The molecule has 1 rings (SSSR count). The topological polar surface area (TPSA) is 66.5 Å². The molecule has 0 saturated carbocycles. The molecule has 1 aromatic carbocycles. The summed E-state index contributed by atoms with van der Waals surface area (Å²) in [6.45, 7) is 1.61. The Hall–Kier alpha value is -0.580. The summed E-state index contributed by atoms with van der Waals surface area (Å²) in [5.41, 5.74) is 6.40. The second-order valence-corrected chi connectivity index (χ2v) is 3.83. The average Bonchev–Trinajstić information content (AvgIpc) is 2.08. The van der Waals surface area contributed by atoms with Gasteiger partial charge in [0.1, 0.15) is 5.75 Å². The lowest BCUT2D eigenvalue weighted by Gasteiger charge is -2.15. The van der Waals surface area contributed by atoms with Crippen LogP contribution in [0, 0.1) is 0 Å². The van der Waals surface area contributed by atoms with Crippen LogP contribution in [-0.4, -0.2) is 16.3 Å². The number of aromatic hydroxyl groups is 1. The Bertz CT molecular complexity index is 302. The van der Waals surface area contributed by atoms with E-state index in [-0.39, 0.29) is 5.75 Å². The van der Waals surface area contributed by atoms with Crippen molar-refractivity contribution in [1.29, 1.82) is 0 Å². The van der Waals surface area contributed by atoms with E-state index in [0.29, 0.717) is 4.47 Å². The lowest BCUT2D eigenvalue weighted by molar-refractivity contribution is 0.164. The highest BCUT2D eigenvalue weighted by atomic mass is 79.9. The van der Waals surface area contributed by atoms with Gasteiger partial charge in [-0.15, -0.1) is 0 Å². The maximum Gasteiger partial charge on any atom is 0.130 e. The van der Waals surface area contributed by atoms with Crippen molar-refractivity contribution in [3.63, 3.8) is 0 Å². The highest BCUT2D eigenvalue weighted by molar-refractivity contribution is 9.10. The van der Waals surface area contributed by atoms with E-state index in [1.165, 1.54) is 0 Å². The largest absolute Gasteiger partial charge is 0.507 e. The molecule has 4 heteroatoms. The minimum absolute atomic E-state index is 0.133. The number of hydrogen-bond acceptors (Lipinski definition) is 3. The fourth-order valence-corrected chi connectivity index (χ4v) is 1.26. The van der Waals surface area contributed by atoms with Crippen molar-refractivity contribution < 1.29 is 10.2 Å². The van der Waals surface area contributed by atoms with Gasteiger partial charge in [-0.25, -0.2) is 0 Å². The number of aliphatic hydroxyl groups excluding tert-OH is 1. The predicted octanol–water partition coefficient (Wildman–Crippen LogP) is 1.54. The molecule has 2 unspecified atom stereocenters. The van der Waals surface area contributed by atoms with Gasteiger partial charge in [-0.3, -0.25) is 0 Å². The van der Waals surface area contributed by atoms with Crippen molar-refractivity contribution >= 4 is 15.9 Å². The molecule has 0 aliphatic heterocycles. The van der Waals surface area contributed by atoms with E-state index >= 15 is 0 Å². The van der Waals surface area contributed by atoms with Gasteiger partial charge in [0.25, 0.3) is 0 Å². The second-order valence-electron chi connectivity index (χ2n) is 2.98. The van der Waals surface area contributed by atoms with Crippen molar-refractivity contribution in [3.8, 4) is 5.75 Å². The van der Waals surface area contributed by atoms with Gasteiger partial charge in [0.05, 0.1) is 16.6 Å². The van der Waals surface area contributed by atoms with Gasteiger partial charge in [-0.1, -0.05) is 6.07 Å². The summed E-state index contributed by atoms with van der Waals surface area (Å²) in [4.78, 5) is 0. The summed E-state index contributed by atoms with van der Waals surface area (Å²) in [5.74, 6) is 0.133. The molecule has 0 bridgehead atoms. The molecule has 0 radical (unpaired) electrons. The number of phenolic OH excluding ortho intramolecular Hbond substituents is 1. The zero-order chi connectivity index (χ0) is 10.0. The normalized spacial score (nSPS) is 15.4. The van der Waals surface area contributed by atoms with Crippen LogP contribution in [0.3, 0.4) is 0 Å². The summed E-state index contributed by atoms with van der Waals surface area (Å²) >= 11 is 3.16. The first-order chi connectivity index (χ1) is 6.02. The molecule has 1 aromatic rings. The fourth-order valence-electron chi connectivity index (χ4n) is 1.02. The van der Waals surface area contributed by atoms with Crippen LogP contribution >= 0.6 is 15.9 Å². The minimum Gasteiger partial charge on any atom is -0.507 e. The van der Waals surface area contributed by atoms with Gasteiger partial charge < -0.3 is 15.9 Å². The Morgan fingerprint density at radius 2 is 2.08 bits per heavy atom. The van der Waals surface area contributed by atoms with Crippen molar-refractivity contribution in [1.82, 2.24) is 0 Å². The second kappa shape index (κ2) is 4.09. The maximum absolute atomic E-state index is 9.35. The third kappa shape index (κ3) is 2.43. The van der Waals surface area contributed by atoms with E-state index in [1.54, 1.807) is 25.1 Å². The van der Waals surface area contributed by atoms with Crippen molar-refractivity contribution in [3.05, 3.63) is 28.2 Å². The number of phenols is 1. The van der Waals surface area contributed by atoms with Crippen molar-refractivity contribution in [2.45, 2.75) is 19.1 Å². The quantitative estimate of drug-likeness (QED) is 0.741. The maximum atomic E-state index is 9.35. The Morgan fingerprint density at radius 3 is 2.54 bits per heavy atom. The van der Waals surface area contributed by atoms with Crippen molar-refractivity contribution in [2.75, 3.05) is 0 Å². The first-order valence-corrected chi connectivity index (χ1v) is 4.73. The zero-order valence-electron chi connectivity index (χ0n) is 7.24. The molecule has 0 spiro atoms. The molecule has 0 aliphatic carbocycles. The van der Waals surface area contributed by atoms with E-state index in [2.05, 4.69) is 15.9 Å². The molecule has 72 valence electrons. The molecular weight excluding hydrogens is 234 g/mol. The molecule has 0 aromatic heterocycles. The lowest BCUT2D eigenvalue weighted by atomic mass is 10.0. The predicted molar refractivity (Wildman–Crippen MR) is 54.4 cm³/mol. The molecule has 0 amide bonds. The third-order valence-corrected chi connectivity index (χ3v) is 2.55. The van der Waals surface area contributed by atoms with E-state index in [1.807, 2.05) is 0 Å². The molecule has 2 atom stereocenters. The Morgan fingerprint density at radius 1 is 1.46 bits per heavy atom. The number of rotatable bonds is 2. The van der Waals surface area contributed by atoms with Crippen LogP contribution in [-0.2, 0) is 0 Å². The van der Waals surface area contributed by atoms with Gasteiger partial charge in [-0.05, 0) is 40.5 Å². The molecule has 0 aliphatic rings. The van der Waals surface area contributed by atoms with Crippen molar-refractivity contribution in [2.24, 2.45) is 5.73 Å². The standard InChI is InChI=1S/C9H12BrNO2/c1-5(12)9(11)6-2-3-7(10)8(13)4-6/h2-5,9,12-13H,11H2,1H3. The molecular formula is C9H12BrNO2. The lowest BCUT2D eigenvalue weighted by Crippen LogP contribution is -2.22. The van der Waals surface area contributed by atoms with Crippen LogP contribution in [0.2, 0.25) is 0 Å². The first kappa shape index (κ1) is 10.5. The Labute approximate surface area is 85.3 Å². The molecule has 0 saturated heterocycles. The third-order valence-electron chi connectivity index (χ3n) is 1.87. The van der Waals surface area contributed by atoms with Crippen LogP contribution in [0.15, 0.2) is 22.7 Å². The SMILES string of the molecule is CC(O)C(N)c1ccc(Br)c(O)c1. The van der Waals surface area contributed by atoms with E-state index < -0.39 is 12.1 Å². The van der Waals surface area contributed by atoms with Gasteiger partial charge in [-0.2, -0.15) is 0 Å². The number of benzene rings is 1. The first-order valence-electron chi connectivity index (χ1n) is 3.94. The molecule has 13 heavy (non-hydrogen) atoms. The van der Waals surface area contributed by atoms with E-state index in [9.17, 15) is 10.2 Å². The average molecular weight is 246 g/mol. The van der Waals surface area contributed by atoms with Gasteiger partial charge in [0.2, 0.25) is 0 Å². The minimum atomic E-state index is -0.624. The van der Waals surface area contributed by atoms with Gasteiger partial charge in [0, 0.05) is 0 Å². The van der Waals surface area contributed by atoms with E-state index in [4.69, 9.17) is 5.73 Å². The van der Waals surface area contributed by atoms with Gasteiger partial charge >= 0.3 is 0 Å².